The van der Waals surface area contributed by atoms with E-state index in [1.807, 2.05) is 27.7 Å². The molecule has 0 aliphatic rings. The van der Waals surface area contributed by atoms with Crippen molar-refractivity contribution in [2.45, 2.75) is 59.1 Å². The molecule has 21 heavy (non-hydrogen) atoms. The summed E-state index contributed by atoms with van der Waals surface area (Å²) in [6.45, 7) is 7.70. The molecule has 0 aromatic rings. The highest BCUT2D eigenvalue weighted by Gasteiger charge is 2.29. The van der Waals surface area contributed by atoms with E-state index in [1.54, 1.807) is 7.05 Å². The molecule has 0 radical (unpaired) electrons. The molecule has 0 bridgehead atoms. The van der Waals surface area contributed by atoms with Gasteiger partial charge < -0.3 is 14.3 Å². The second-order valence-electron chi connectivity index (χ2n) is 5.52. The van der Waals surface area contributed by atoms with Crippen LogP contribution in [0.5, 0.6) is 0 Å². The Balaban J connectivity index is 4.91. The first-order valence-electron chi connectivity index (χ1n) is 7.48. The van der Waals surface area contributed by atoms with Crippen LogP contribution in [-0.4, -0.2) is 42.9 Å². The molecular formula is C15H28N2O4. The molecule has 0 aliphatic carbocycles. The second-order valence-corrected chi connectivity index (χ2v) is 5.52. The van der Waals surface area contributed by atoms with Crippen molar-refractivity contribution in [2.24, 2.45) is 11.8 Å². The molecule has 3 atom stereocenters. The molecule has 0 rings (SSSR count). The summed E-state index contributed by atoms with van der Waals surface area (Å²) in [5.74, 6) is 0.126. The molecule has 0 aromatic carbocycles. The first-order chi connectivity index (χ1) is 9.92. The van der Waals surface area contributed by atoms with Gasteiger partial charge in [-0.15, -0.1) is 0 Å². The zero-order valence-electron chi connectivity index (χ0n) is 13.7. The van der Waals surface area contributed by atoms with Crippen molar-refractivity contribution in [3.05, 3.63) is 0 Å². The molecule has 0 heterocycles. The number of rotatable bonds is 10. The van der Waals surface area contributed by atoms with E-state index in [2.05, 4.69) is 5.43 Å². The monoisotopic (exact) mass is 300 g/mol. The Kier molecular flexibility index (Phi) is 9.62. The van der Waals surface area contributed by atoms with Gasteiger partial charge in [0.2, 0.25) is 0 Å². The molecule has 6 heteroatoms. The summed E-state index contributed by atoms with van der Waals surface area (Å²) in [7, 11) is 1.57. The average molecular weight is 300 g/mol. The van der Waals surface area contributed by atoms with E-state index in [0.29, 0.717) is 12.8 Å². The number of hydrazine groups is 1. The number of hydrogen-bond donors (Lipinski definition) is 1. The maximum atomic E-state index is 12.3. The van der Waals surface area contributed by atoms with Crippen molar-refractivity contribution in [3.63, 3.8) is 0 Å². The van der Waals surface area contributed by atoms with Gasteiger partial charge in [0.15, 0.2) is 0 Å². The highest BCUT2D eigenvalue weighted by Crippen LogP contribution is 2.18. The highest BCUT2D eigenvalue weighted by molar-refractivity contribution is 5.73. The molecule has 0 spiro atoms. The fraction of sp³-hybridized carbons (Fsp3) is 0.800. The number of nitrogens with zero attached hydrogens (tertiary/aromatic N) is 1. The van der Waals surface area contributed by atoms with Crippen molar-refractivity contribution >= 4 is 18.7 Å². The lowest BCUT2D eigenvalue weighted by molar-refractivity contribution is -0.114. The zero-order chi connectivity index (χ0) is 16.4. The molecular weight excluding hydrogens is 272 g/mol. The van der Waals surface area contributed by atoms with Gasteiger partial charge in [0, 0.05) is 13.5 Å². The van der Waals surface area contributed by atoms with Crippen molar-refractivity contribution in [1.82, 2.24) is 10.4 Å². The van der Waals surface area contributed by atoms with Crippen LogP contribution in [-0.2, 0) is 14.3 Å². The zero-order valence-corrected chi connectivity index (χ0v) is 13.7. The Morgan fingerprint density at radius 3 is 2.29 bits per heavy atom. The van der Waals surface area contributed by atoms with Crippen LogP contribution >= 0.6 is 0 Å². The van der Waals surface area contributed by atoms with E-state index in [0.717, 1.165) is 19.0 Å². The van der Waals surface area contributed by atoms with Crippen LogP contribution in [0.15, 0.2) is 0 Å². The Labute approximate surface area is 127 Å². The number of amides is 1. The average Bonchev–Trinajstić information content (AvgIpc) is 2.47. The molecule has 1 amide bonds. The van der Waals surface area contributed by atoms with Crippen LogP contribution in [0.25, 0.3) is 0 Å². The van der Waals surface area contributed by atoms with Crippen molar-refractivity contribution in [1.29, 1.82) is 0 Å². The number of carbonyl (C=O) groups excluding carboxylic acids is 3. The number of aldehydes is 2. The van der Waals surface area contributed by atoms with E-state index in [-0.39, 0.29) is 17.9 Å². The lowest BCUT2D eigenvalue weighted by atomic mass is 9.98. The van der Waals surface area contributed by atoms with Gasteiger partial charge in [0.25, 0.3) is 0 Å². The number of carbonyl (C=O) groups is 3. The summed E-state index contributed by atoms with van der Waals surface area (Å²) >= 11 is 0. The summed E-state index contributed by atoms with van der Waals surface area (Å²) in [4.78, 5) is 34.0. The topological polar surface area (TPSA) is 75.7 Å². The fourth-order valence-electron chi connectivity index (χ4n) is 2.02. The van der Waals surface area contributed by atoms with Gasteiger partial charge in [-0.2, -0.15) is 0 Å². The number of ether oxygens (including phenoxy) is 1. The SMILES string of the molecule is CCC(C)C(CCC=O)OC(=O)N(NC)C(C=O)C(C)C. The summed E-state index contributed by atoms with van der Waals surface area (Å²) in [5.41, 5.74) is 2.71. The molecule has 0 fully saturated rings. The summed E-state index contributed by atoms with van der Waals surface area (Å²) in [6, 6.07) is -0.592. The molecule has 3 unspecified atom stereocenters. The van der Waals surface area contributed by atoms with E-state index >= 15 is 0 Å². The number of nitrogens with one attached hydrogen (secondary N) is 1. The summed E-state index contributed by atoms with van der Waals surface area (Å²) in [6.07, 6.45) is 2.33. The Hall–Kier alpha value is -1.43. The van der Waals surface area contributed by atoms with Gasteiger partial charge in [-0.1, -0.05) is 34.1 Å². The van der Waals surface area contributed by atoms with Gasteiger partial charge in [-0.05, 0) is 18.3 Å². The second kappa shape index (κ2) is 10.3. The van der Waals surface area contributed by atoms with E-state index in [1.165, 1.54) is 5.01 Å². The Morgan fingerprint density at radius 2 is 1.90 bits per heavy atom. The quantitative estimate of drug-likeness (QED) is 0.494. The third kappa shape index (κ3) is 6.25. The fourth-order valence-corrected chi connectivity index (χ4v) is 2.02. The molecule has 0 aromatic heterocycles. The minimum Gasteiger partial charge on any atom is -0.445 e. The third-order valence-electron chi connectivity index (χ3n) is 3.66. The van der Waals surface area contributed by atoms with Crippen LogP contribution in [0.2, 0.25) is 0 Å². The lowest BCUT2D eigenvalue weighted by Gasteiger charge is -2.31. The van der Waals surface area contributed by atoms with Gasteiger partial charge in [-0.3, -0.25) is 0 Å². The lowest BCUT2D eigenvalue weighted by Crippen LogP contribution is -2.52. The molecule has 1 N–H and O–H groups in total. The van der Waals surface area contributed by atoms with E-state index in [4.69, 9.17) is 4.74 Å². The molecule has 0 saturated heterocycles. The van der Waals surface area contributed by atoms with Crippen LogP contribution in [0, 0.1) is 11.8 Å². The maximum Gasteiger partial charge on any atom is 0.425 e. The summed E-state index contributed by atoms with van der Waals surface area (Å²) < 4.78 is 5.50. The van der Waals surface area contributed by atoms with Crippen LogP contribution in [0.4, 0.5) is 4.79 Å². The first-order valence-corrected chi connectivity index (χ1v) is 7.48. The minimum atomic E-state index is -0.592. The van der Waals surface area contributed by atoms with Crippen LogP contribution in [0.1, 0.15) is 47.0 Å². The van der Waals surface area contributed by atoms with Gasteiger partial charge in [-0.25, -0.2) is 15.2 Å². The number of hydrogen-bond acceptors (Lipinski definition) is 5. The van der Waals surface area contributed by atoms with Crippen LogP contribution in [0.3, 0.4) is 0 Å². The minimum absolute atomic E-state index is 0.0282. The Bertz CT molecular complexity index is 334. The van der Waals surface area contributed by atoms with Gasteiger partial charge in [0.1, 0.15) is 24.7 Å². The molecule has 122 valence electrons. The van der Waals surface area contributed by atoms with Crippen molar-refractivity contribution in [2.75, 3.05) is 7.05 Å². The first kappa shape index (κ1) is 19.6. The normalized spacial score (nSPS) is 15.1. The Morgan fingerprint density at radius 1 is 1.29 bits per heavy atom. The van der Waals surface area contributed by atoms with Crippen LogP contribution < -0.4 is 5.43 Å². The highest BCUT2D eigenvalue weighted by atomic mass is 16.6. The van der Waals surface area contributed by atoms with Crippen molar-refractivity contribution in [3.8, 4) is 0 Å². The molecule has 6 nitrogen and oxygen atoms in total. The largest absolute Gasteiger partial charge is 0.445 e. The third-order valence-corrected chi connectivity index (χ3v) is 3.66. The predicted octanol–water partition coefficient (Wildman–Crippen LogP) is 2.18. The molecule has 0 aliphatic heterocycles. The predicted molar refractivity (Wildman–Crippen MR) is 80.6 cm³/mol. The standard InChI is InChI=1S/C15H28N2O4/c1-6-12(4)14(8-7-9-18)21-15(20)17(16-5)13(10-19)11(2)3/h9-14,16H,6-8H2,1-5H3. The summed E-state index contributed by atoms with van der Waals surface area (Å²) in [5, 5.41) is 1.20. The molecule has 0 saturated carbocycles. The van der Waals surface area contributed by atoms with Crippen molar-refractivity contribution < 1.29 is 19.1 Å². The van der Waals surface area contributed by atoms with Gasteiger partial charge >= 0.3 is 6.09 Å². The van der Waals surface area contributed by atoms with E-state index < -0.39 is 12.1 Å². The van der Waals surface area contributed by atoms with E-state index in [9.17, 15) is 14.4 Å². The maximum absolute atomic E-state index is 12.3. The smallest absolute Gasteiger partial charge is 0.425 e. The van der Waals surface area contributed by atoms with Gasteiger partial charge in [0.05, 0.1) is 0 Å².